The monoisotopic (exact) mass is 520 g/mol. The fourth-order valence-electron chi connectivity index (χ4n) is 3.97. The number of thiophene rings is 1. The van der Waals surface area contributed by atoms with Crippen molar-refractivity contribution in [3.8, 4) is 11.5 Å². The van der Waals surface area contributed by atoms with E-state index < -0.39 is 12.1 Å². The average molecular weight is 521 g/mol. The number of aromatic nitrogens is 1. The average Bonchev–Trinajstić information content (AvgIpc) is 3.53. The molecular weight excluding hydrogens is 497 g/mol. The minimum absolute atomic E-state index is 0.131. The summed E-state index contributed by atoms with van der Waals surface area (Å²) < 4.78 is 17.7. The Balaban J connectivity index is 1.67. The van der Waals surface area contributed by atoms with Crippen LogP contribution in [-0.2, 0) is 11.2 Å². The number of H-pyrrole nitrogens is 1. The summed E-state index contributed by atoms with van der Waals surface area (Å²) in [5.41, 5.74) is 1.36. The van der Waals surface area contributed by atoms with Gasteiger partial charge in [-0.15, -0.1) is 11.3 Å². The maximum atomic E-state index is 12.9. The molecule has 2 heterocycles. The fourth-order valence-corrected chi connectivity index (χ4v) is 5.21. The molecule has 9 heteroatoms. The number of hydrogen-bond acceptors (Lipinski definition) is 6. The molecule has 1 saturated carbocycles. The number of halogens is 2. The fraction of sp³-hybridized carbons (Fsp3) is 0.320. The van der Waals surface area contributed by atoms with Crippen molar-refractivity contribution in [1.82, 2.24) is 0 Å². The summed E-state index contributed by atoms with van der Waals surface area (Å²) in [4.78, 5) is 27.7. The molecule has 1 unspecified atom stereocenters. The van der Waals surface area contributed by atoms with Crippen molar-refractivity contribution in [2.24, 2.45) is 0 Å². The van der Waals surface area contributed by atoms with Gasteiger partial charge in [-0.1, -0.05) is 29.3 Å². The van der Waals surface area contributed by atoms with E-state index in [-0.39, 0.29) is 12.5 Å². The van der Waals surface area contributed by atoms with Crippen molar-refractivity contribution in [3.63, 3.8) is 0 Å². The molecule has 0 saturated heterocycles. The van der Waals surface area contributed by atoms with Gasteiger partial charge < -0.3 is 14.2 Å². The van der Waals surface area contributed by atoms with Crippen LogP contribution in [0.25, 0.3) is 0 Å². The van der Waals surface area contributed by atoms with E-state index >= 15 is 0 Å². The molecule has 0 spiro atoms. The summed E-state index contributed by atoms with van der Waals surface area (Å²) in [5.74, 6) is 0.679. The maximum Gasteiger partial charge on any atom is 0.348 e. The molecule has 3 aromatic rings. The minimum atomic E-state index is -0.705. The van der Waals surface area contributed by atoms with Gasteiger partial charge in [-0.2, -0.15) is 0 Å². The van der Waals surface area contributed by atoms with Crippen LogP contribution >= 0.6 is 34.5 Å². The zero-order valence-electron chi connectivity index (χ0n) is 18.5. The van der Waals surface area contributed by atoms with Crippen molar-refractivity contribution < 1.29 is 28.8 Å². The summed E-state index contributed by atoms with van der Waals surface area (Å²) in [5, 5.41) is 0.868. The number of hydrogen-bond donors (Lipinski definition) is 0. The molecule has 4 rings (SSSR count). The molecule has 1 aromatic carbocycles. The normalized spacial score (nSPS) is 14.6. The molecule has 1 aliphatic carbocycles. The van der Waals surface area contributed by atoms with Crippen molar-refractivity contribution in [2.45, 2.75) is 44.3 Å². The van der Waals surface area contributed by atoms with Crippen molar-refractivity contribution in [3.05, 3.63) is 73.7 Å². The van der Waals surface area contributed by atoms with Crippen molar-refractivity contribution in [2.75, 3.05) is 7.11 Å². The Bertz CT molecular complexity index is 1160. The lowest BCUT2D eigenvalue weighted by molar-refractivity contribution is -0.377. The molecule has 0 amide bonds. The van der Waals surface area contributed by atoms with Gasteiger partial charge >= 0.3 is 5.97 Å². The molecule has 1 N–H and O–H groups in total. The molecule has 1 aliphatic rings. The quantitative estimate of drug-likeness (QED) is 0.249. The highest BCUT2D eigenvalue weighted by Gasteiger charge is 2.26. The SMILES string of the molecule is COc1ccc(C(Cc2c(Cl)c[nH+]cc2Cl)OC(=O)c2ccc(C=O)s2)cc1OC1CCCC1. The second kappa shape index (κ2) is 11.2. The number of benzene rings is 1. The molecule has 6 nitrogen and oxygen atoms in total. The standard InChI is InChI=1S/C25H23Cl2NO5S/c1-31-21-8-6-15(10-23(21)32-16-4-2-3-5-16)22(11-18-19(26)12-28-13-20(18)27)33-25(30)24-9-7-17(14-29)34-24/h6-10,12-14,16,22H,2-5,11H2,1H3/p+1. The van der Waals surface area contributed by atoms with Gasteiger partial charge in [0.25, 0.3) is 0 Å². The van der Waals surface area contributed by atoms with Crippen LogP contribution in [0.1, 0.15) is 62.3 Å². The van der Waals surface area contributed by atoms with Crippen LogP contribution in [0.15, 0.2) is 42.7 Å². The minimum Gasteiger partial charge on any atom is -0.493 e. The van der Waals surface area contributed by atoms with Crippen LogP contribution in [0, 0.1) is 0 Å². The number of rotatable bonds is 9. The molecule has 0 aliphatic heterocycles. The zero-order valence-corrected chi connectivity index (χ0v) is 20.8. The lowest BCUT2D eigenvalue weighted by Crippen LogP contribution is -2.16. The Labute approximate surface area is 211 Å². The van der Waals surface area contributed by atoms with E-state index in [4.69, 9.17) is 37.4 Å². The lowest BCUT2D eigenvalue weighted by Gasteiger charge is -2.22. The van der Waals surface area contributed by atoms with E-state index in [1.165, 1.54) is 0 Å². The zero-order chi connectivity index (χ0) is 24.1. The van der Waals surface area contributed by atoms with Crippen LogP contribution < -0.4 is 14.5 Å². The van der Waals surface area contributed by atoms with Gasteiger partial charge in [0.05, 0.1) is 18.1 Å². The van der Waals surface area contributed by atoms with E-state index in [9.17, 15) is 9.59 Å². The van der Waals surface area contributed by atoms with Crippen LogP contribution in [0.2, 0.25) is 10.0 Å². The van der Waals surface area contributed by atoms with Gasteiger partial charge in [-0.3, -0.25) is 4.79 Å². The number of aromatic amines is 1. The van der Waals surface area contributed by atoms with E-state index in [0.717, 1.165) is 37.0 Å². The Hall–Kier alpha value is -2.61. The molecular formula is C25H24Cl2NO5S+. The third-order valence-corrected chi connectivity index (χ3v) is 7.40. The third-order valence-electron chi connectivity index (χ3n) is 5.73. The number of pyridine rings is 1. The molecule has 0 radical (unpaired) electrons. The number of carbonyl (C=O) groups excluding carboxylic acids is 2. The predicted octanol–water partition coefficient (Wildman–Crippen LogP) is 6.15. The van der Waals surface area contributed by atoms with Crippen LogP contribution in [0.3, 0.4) is 0 Å². The Morgan fingerprint density at radius 3 is 2.53 bits per heavy atom. The number of methoxy groups -OCH3 is 1. The number of esters is 1. The Morgan fingerprint density at radius 1 is 1.15 bits per heavy atom. The van der Waals surface area contributed by atoms with Gasteiger partial charge in [0.2, 0.25) is 0 Å². The molecule has 2 aromatic heterocycles. The maximum absolute atomic E-state index is 12.9. The second-order valence-electron chi connectivity index (χ2n) is 7.98. The number of nitrogens with one attached hydrogen (secondary N) is 1. The van der Waals surface area contributed by atoms with Crippen molar-refractivity contribution >= 4 is 46.8 Å². The van der Waals surface area contributed by atoms with Crippen LogP contribution in [-0.4, -0.2) is 25.5 Å². The Morgan fingerprint density at radius 2 is 1.88 bits per heavy atom. The molecule has 178 valence electrons. The van der Waals surface area contributed by atoms with Gasteiger partial charge in [0.15, 0.2) is 30.2 Å². The first kappa shape index (κ1) is 24.5. The lowest BCUT2D eigenvalue weighted by atomic mass is 10.0. The van der Waals surface area contributed by atoms with E-state index in [2.05, 4.69) is 4.98 Å². The van der Waals surface area contributed by atoms with Crippen molar-refractivity contribution in [1.29, 1.82) is 0 Å². The number of carbonyl (C=O) groups is 2. The summed E-state index contributed by atoms with van der Waals surface area (Å²) in [7, 11) is 1.59. The largest absolute Gasteiger partial charge is 0.493 e. The highest BCUT2D eigenvalue weighted by Crippen LogP contribution is 2.37. The predicted molar refractivity (Wildman–Crippen MR) is 130 cm³/mol. The first-order valence-electron chi connectivity index (χ1n) is 10.9. The first-order valence-corrected chi connectivity index (χ1v) is 12.5. The smallest absolute Gasteiger partial charge is 0.348 e. The van der Waals surface area contributed by atoms with Crippen LogP contribution in [0.5, 0.6) is 11.5 Å². The van der Waals surface area contributed by atoms with Gasteiger partial charge in [-0.05, 0) is 55.5 Å². The van der Waals surface area contributed by atoms with E-state index in [1.807, 2.05) is 12.1 Å². The Kier molecular flexibility index (Phi) is 8.08. The van der Waals surface area contributed by atoms with Crippen LogP contribution in [0.4, 0.5) is 0 Å². The topological polar surface area (TPSA) is 76.0 Å². The third kappa shape index (κ3) is 5.71. The first-order chi connectivity index (χ1) is 16.5. The second-order valence-corrected chi connectivity index (χ2v) is 9.91. The molecule has 0 bridgehead atoms. The highest BCUT2D eigenvalue weighted by atomic mass is 35.5. The summed E-state index contributed by atoms with van der Waals surface area (Å²) in [6.45, 7) is 0. The molecule has 1 atom stereocenters. The van der Waals surface area contributed by atoms with Gasteiger partial charge in [0, 0.05) is 12.0 Å². The number of aldehydes is 1. The van der Waals surface area contributed by atoms with Gasteiger partial charge in [-0.25, -0.2) is 9.78 Å². The summed E-state index contributed by atoms with van der Waals surface area (Å²) >= 11 is 13.9. The molecule has 1 fully saturated rings. The van der Waals surface area contributed by atoms with Gasteiger partial charge in [0.1, 0.15) is 21.0 Å². The summed E-state index contributed by atoms with van der Waals surface area (Å²) in [6.07, 6.45) is 7.89. The van der Waals surface area contributed by atoms with E-state index in [0.29, 0.717) is 48.7 Å². The van der Waals surface area contributed by atoms with E-state index in [1.54, 1.807) is 37.7 Å². The highest BCUT2D eigenvalue weighted by molar-refractivity contribution is 7.15. The number of ether oxygens (including phenoxy) is 3. The summed E-state index contributed by atoms with van der Waals surface area (Å²) in [6, 6.07) is 8.65. The molecule has 34 heavy (non-hydrogen) atoms.